The van der Waals surface area contributed by atoms with Gasteiger partial charge in [0.25, 0.3) is 0 Å². The molecule has 0 bridgehead atoms. The van der Waals surface area contributed by atoms with E-state index >= 15 is 0 Å². The predicted octanol–water partition coefficient (Wildman–Crippen LogP) is 16.1. The van der Waals surface area contributed by atoms with E-state index in [2.05, 4.69) is 240 Å². The molecule has 5 nitrogen and oxygen atoms in total. The van der Waals surface area contributed by atoms with Gasteiger partial charge in [0.2, 0.25) is 5.95 Å². The first-order valence-corrected chi connectivity index (χ1v) is 23.0. The first-order valence-electron chi connectivity index (χ1n) is 23.0. The largest absolute Gasteiger partial charge is 0.307 e. The van der Waals surface area contributed by atoms with Gasteiger partial charge >= 0.3 is 0 Å². The molecular formula is C63H41N5. The topological polar surface area (TPSA) is 48.5 Å². The molecule has 0 amide bonds. The van der Waals surface area contributed by atoms with Crippen LogP contribution in [-0.2, 0) is 0 Å². The van der Waals surface area contributed by atoms with Gasteiger partial charge in [0, 0.05) is 38.4 Å². The molecule has 0 fully saturated rings. The molecule has 318 valence electrons. The summed E-state index contributed by atoms with van der Waals surface area (Å²) in [6.45, 7) is 0. The van der Waals surface area contributed by atoms with Crippen LogP contribution < -0.4 is 0 Å². The smallest absolute Gasteiger partial charge is 0.238 e. The van der Waals surface area contributed by atoms with Crippen molar-refractivity contribution in [1.82, 2.24) is 24.1 Å². The first-order chi connectivity index (χ1) is 33.7. The third-order valence-corrected chi connectivity index (χ3v) is 13.2. The molecule has 0 aliphatic heterocycles. The van der Waals surface area contributed by atoms with Crippen molar-refractivity contribution < 1.29 is 0 Å². The molecule has 0 saturated carbocycles. The molecule has 3 aromatic heterocycles. The fourth-order valence-corrected chi connectivity index (χ4v) is 9.95. The monoisotopic (exact) mass is 867 g/mol. The second-order valence-corrected chi connectivity index (χ2v) is 17.2. The third kappa shape index (κ3) is 6.76. The quantitative estimate of drug-likeness (QED) is 0.153. The zero-order valence-electron chi connectivity index (χ0n) is 36.9. The Kier molecular flexibility index (Phi) is 9.43. The van der Waals surface area contributed by atoms with Gasteiger partial charge < -0.3 is 4.57 Å². The number of fused-ring (bicyclic) bond motifs is 7. The lowest BCUT2D eigenvalue weighted by Gasteiger charge is -2.14. The Bertz CT molecular complexity index is 3930. The van der Waals surface area contributed by atoms with Gasteiger partial charge in [0.05, 0.1) is 22.1 Å². The van der Waals surface area contributed by atoms with Crippen LogP contribution in [0.5, 0.6) is 0 Å². The van der Waals surface area contributed by atoms with Gasteiger partial charge in [-0.15, -0.1) is 0 Å². The molecule has 68 heavy (non-hydrogen) atoms. The highest BCUT2D eigenvalue weighted by atomic mass is 15.2. The van der Waals surface area contributed by atoms with Crippen molar-refractivity contribution in [2.75, 3.05) is 0 Å². The predicted molar refractivity (Wildman–Crippen MR) is 281 cm³/mol. The van der Waals surface area contributed by atoms with Crippen molar-refractivity contribution >= 4 is 43.6 Å². The lowest BCUT2D eigenvalue weighted by atomic mass is 9.93. The Labute approximate surface area is 393 Å². The number of para-hydroxylation sites is 2. The molecule has 0 atom stereocenters. The summed E-state index contributed by atoms with van der Waals surface area (Å²) in [5, 5.41) is 4.58. The summed E-state index contributed by atoms with van der Waals surface area (Å²) in [5.74, 6) is 1.74. The third-order valence-electron chi connectivity index (χ3n) is 13.2. The number of benzene rings is 10. The highest BCUT2D eigenvalue weighted by Crippen LogP contribution is 2.42. The number of hydrogen-bond donors (Lipinski definition) is 0. The molecule has 5 heteroatoms. The van der Waals surface area contributed by atoms with Crippen molar-refractivity contribution in [2.24, 2.45) is 0 Å². The number of hydrogen-bond acceptors (Lipinski definition) is 3. The average Bonchev–Trinajstić information content (AvgIpc) is 3.95. The molecule has 0 N–H and O–H groups in total. The van der Waals surface area contributed by atoms with Crippen LogP contribution in [-0.4, -0.2) is 24.1 Å². The summed E-state index contributed by atoms with van der Waals surface area (Å²) in [7, 11) is 0. The molecule has 0 spiro atoms. The van der Waals surface area contributed by atoms with E-state index in [9.17, 15) is 0 Å². The molecule has 0 radical (unpaired) electrons. The molecule has 10 aromatic carbocycles. The Hall–Kier alpha value is -9.19. The summed E-state index contributed by atoms with van der Waals surface area (Å²) >= 11 is 0. The fourth-order valence-electron chi connectivity index (χ4n) is 9.95. The maximum Gasteiger partial charge on any atom is 0.238 e. The molecule has 13 rings (SSSR count). The zero-order chi connectivity index (χ0) is 45.0. The van der Waals surface area contributed by atoms with Crippen LogP contribution in [0.3, 0.4) is 0 Å². The van der Waals surface area contributed by atoms with Crippen LogP contribution in [0.4, 0.5) is 0 Å². The van der Waals surface area contributed by atoms with Crippen LogP contribution >= 0.6 is 0 Å². The van der Waals surface area contributed by atoms with Gasteiger partial charge in [-0.2, -0.15) is 9.97 Å². The minimum atomic E-state index is 0.548. The van der Waals surface area contributed by atoms with E-state index in [1.807, 2.05) is 18.2 Å². The summed E-state index contributed by atoms with van der Waals surface area (Å²) in [4.78, 5) is 16.1. The van der Waals surface area contributed by atoms with E-state index in [4.69, 9.17) is 15.0 Å². The normalized spacial score (nSPS) is 11.5. The van der Waals surface area contributed by atoms with Crippen molar-refractivity contribution in [3.05, 3.63) is 249 Å². The summed E-state index contributed by atoms with van der Waals surface area (Å²) in [5.41, 5.74) is 16.3. The number of nitrogens with zero attached hydrogens (tertiary/aromatic N) is 5. The van der Waals surface area contributed by atoms with E-state index < -0.39 is 0 Å². The lowest BCUT2D eigenvalue weighted by molar-refractivity contribution is 0.953. The summed E-state index contributed by atoms with van der Waals surface area (Å²) < 4.78 is 4.67. The van der Waals surface area contributed by atoms with Crippen LogP contribution in [0.1, 0.15) is 0 Å². The summed E-state index contributed by atoms with van der Waals surface area (Å²) in [6, 6.07) is 88.2. The average molecular weight is 868 g/mol. The first kappa shape index (κ1) is 39.2. The van der Waals surface area contributed by atoms with E-state index in [0.29, 0.717) is 17.6 Å². The van der Waals surface area contributed by atoms with Gasteiger partial charge in [-0.1, -0.05) is 200 Å². The van der Waals surface area contributed by atoms with E-state index in [-0.39, 0.29) is 0 Å². The van der Waals surface area contributed by atoms with Crippen LogP contribution in [0.15, 0.2) is 249 Å². The standard InChI is InChI=1S/C63H41N5/c1-5-18-42(19-6-1)45-32-34-52(35-33-45)67-57-30-15-13-28-53(57)55-36-37-56-54-29-14-16-31-58(54)68(60(56)59(55)67)63-65-61(46-24-11-4-12-25-46)64-62(66-63)48-27-17-26-47(38-48)51-40-49(43-20-7-2-8-21-43)39-50(41-51)44-22-9-3-10-23-44/h1-41H. The molecule has 3 heterocycles. The zero-order valence-corrected chi connectivity index (χ0v) is 36.9. The molecule has 13 aromatic rings. The van der Waals surface area contributed by atoms with Crippen LogP contribution in [0.2, 0.25) is 0 Å². The van der Waals surface area contributed by atoms with Crippen molar-refractivity contribution in [3.63, 3.8) is 0 Å². The highest BCUT2D eigenvalue weighted by Gasteiger charge is 2.24. The van der Waals surface area contributed by atoms with Crippen LogP contribution in [0.25, 0.3) is 123 Å². The van der Waals surface area contributed by atoms with Gasteiger partial charge in [0.1, 0.15) is 0 Å². The number of aromatic nitrogens is 5. The van der Waals surface area contributed by atoms with Gasteiger partial charge in [-0.25, -0.2) is 4.98 Å². The number of rotatable bonds is 8. The molecule has 0 aliphatic rings. The van der Waals surface area contributed by atoms with Crippen LogP contribution in [0, 0.1) is 0 Å². The molecule has 0 unspecified atom stereocenters. The van der Waals surface area contributed by atoms with E-state index in [1.165, 1.54) is 27.6 Å². The Morgan fingerprint density at radius 1 is 0.235 bits per heavy atom. The minimum Gasteiger partial charge on any atom is -0.307 e. The summed E-state index contributed by atoms with van der Waals surface area (Å²) in [6.07, 6.45) is 0. The molecule has 0 saturated heterocycles. The van der Waals surface area contributed by atoms with E-state index in [0.717, 1.165) is 77.3 Å². The lowest BCUT2D eigenvalue weighted by Crippen LogP contribution is -2.07. The Morgan fingerprint density at radius 3 is 1.18 bits per heavy atom. The van der Waals surface area contributed by atoms with E-state index in [1.54, 1.807) is 0 Å². The van der Waals surface area contributed by atoms with Crippen molar-refractivity contribution in [3.8, 4) is 78.9 Å². The maximum atomic E-state index is 5.48. The van der Waals surface area contributed by atoms with Crippen molar-refractivity contribution in [2.45, 2.75) is 0 Å². The van der Waals surface area contributed by atoms with Gasteiger partial charge in [-0.05, 0) is 93.0 Å². The van der Waals surface area contributed by atoms with Crippen molar-refractivity contribution in [1.29, 1.82) is 0 Å². The Balaban J connectivity index is 1.05. The minimum absolute atomic E-state index is 0.548. The van der Waals surface area contributed by atoms with Gasteiger partial charge in [-0.3, -0.25) is 4.57 Å². The highest BCUT2D eigenvalue weighted by molar-refractivity contribution is 6.23. The van der Waals surface area contributed by atoms with Gasteiger partial charge in [0.15, 0.2) is 11.6 Å². The second-order valence-electron chi connectivity index (χ2n) is 17.2. The second kappa shape index (κ2) is 16.4. The fraction of sp³-hybridized carbons (Fsp3) is 0. The molecular weight excluding hydrogens is 827 g/mol. The Morgan fingerprint density at radius 2 is 0.618 bits per heavy atom. The maximum absolute atomic E-state index is 5.48. The SMILES string of the molecule is c1ccc(-c2ccc(-n3c4ccccc4c4ccc5c6ccccc6n(-c6nc(-c7ccccc7)nc(-c7cccc(-c8cc(-c9ccccc9)cc(-c9ccccc9)c8)c7)n6)c5c43)cc2)cc1. The molecule has 0 aliphatic carbocycles.